The average molecular weight is 405 g/mol. The predicted molar refractivity (Wildman–Crippen MR) is 115 cm³/mol. The van der Waals surface area contributed by atoms with E-state index in [1.807, 2.05) is 30.3 Å². The van der Waals surface area contributed by atoms with Gasteiger partial charge in [-0.3, -0.25) is 0 Å². The first-order valence-corrected chi connectivity index (χ1v) is 9.39. The zero-order valence-electron chi connectivity index (χ0n) is 15.8. The number of para-hydroxylation sites is 1. The van der Waals surface area contributed by atoms with Crippen LogP contribution in [0.25, 0.3) is 22.2 Å². The summed E-state index contributed by atoms with van der Waals surface area (Å²) in [7, 11) is 0. The first-order valence-electron chi connectivity index (χ1n) is 9.39. The number of benzene rings is 2. The van der Waals surface area contributed by atoms with Gasteiger partial charge >= 0.3 is 17.1 Å². The molecular weight excluding hydrogens is 382 g/mol. The van der Waals surface area contributed by atoms with Gasteiger partial charge < -0.3 is 4.98 Å². The quantitative estimate of drug-likeness (QED) is 0.243. The monoisotopic (exact) mass is 405 g/mol. The Morgan fingerprint density at radius 3 is 2.11 bits per heavy atom. The molecule has 0 fully saturated rings. The van der Waals surface area contributed by atoms with Crippen LogP contribution < -0.4 is 0 Å². The van der Waals surface area contributed by atoms with Gasteiger partial charge in [-0.05, 0) is 23.1 Å². The van der Waals surface area contributed by atoms with Crippen LogP contribution in [0.2, 0.25) is 0 Å². The van der Waals surface area contributed by atoms with Crippen LogP contribution in [0.5, 0.6) is 0 Å². The van der Waals surface area contributed by atoms with Gasteiger partial charge in [0.05, 0.1) is 0 Å². The van der Waals surface area contributed by atoms with E-state index in [4.69, 9.17) is 0 Å². The maximum atomic E-state index is 3.62. The molecule has 5 aromatic rings. The summed E-state index contributed by atoms with van der Waals surface area (Å²) in [6.45, 7) is 2.29. The third kappa shape index (κ3) is 4.20. The number of H-pyrrole nitrogens is 1. The van der Waals surface area contributed by atoms with Crippen molar-refractivity contribution in [3.63, 3.8) is 0 Å². The molecule has 0 spiro atoms. The summed E-state index contributed by atoms with van der Waals surface area (Å²) in [6, 6.07) is 37.8. The molecule has 0 bridgehead atoms. The van der Waals surface area contributed by atoms with E-state index in [0.29, 0.717) is 5.92 Å². The summed E-state index contributed by atoms with van der Waals surface area (Å²) < 4.78 is 0. The summed E-state index contributed by atoms with van der Waals surface area (Å²) in [5.74, 6) is 0.362. The van der Waals surface area contributed by atoms with E-state index in [1.165, 1.54) is 33.3 Å². The van der Waals surface area contributed by atoms with Crippen LogP contribution in [0, 0.1) is 0 Å². The molecular formula is C26H23FeN. The van der Waals surface area contributed by atoms with Crippen LogP contribution in [0.15, 0.2) is 109 Å². The number of rotatable bonds is 3. The molecule has 0 aliphatic rings. The molecule has 140 valence electrons. The van der Waals surface area contributed by atoms with Crippen molar-refractivity contribution in [3.8, 4) is 11.3 Å². The molecule has 1 nitrogen and oxygen atoms in total. The molecule has 0 aliphatic carbocycles. The minimum Gasteiger partial charge on any atom is -0.354 e. The number of nitrogens with one attached hydrogen (secondary N) is 1. The van der Waals surface area contributed by atoms with Gasteiger partial charge in [0, 0.05) is 16.6 Å². The Balaban J connectivity index is 0.000000329. The number of fused-ring (bicyclic) bond motifs is 1. The van der Waals surface area contributed by atoms with Gasteiger partial charge in [0.15, 0.2) is 0 Å². The predicted octanol–water partition coefficient (Wildman–Crippen LogP) is 7.11. The van der Waals surface area contributed by atoms with Gasteiger partial charge in [0.1, 0.15) is 0 Å². The fourth-order valence-corrected chi connectivity index (χ4v) is 3.61. The second kappa shape index (κ2) is 9.41. The van der Waals surface area contributed by atoms with Gasteiger partial charge in [0.25, 0.3) is 0 Å². The minimum absolute atomic E-state index is 0. The molecule has 0 aliphatic heterocycles. The summed E-state index contributed by atoms with van der Waals surface area (Å²) in [5.41, 5.74) is 6.42. The van der Waals surface area contributed by atoms with Gasteiger partial charge in [0.2, 0.25) is 0 Å². The second-order valence-electron chi connectivity index (χ2n) is 6.73. The molecule has 0 saturated heterocycles. The zero-order chi connectivity index (χ0) is 18.5. The van der Waals surface area contributed by atoms with Crippen molar-refractivity contribution in [2.24, 2.45) is 0 Å². The number of aromatic nitrogens is 1. The Morgan fingerprint density at radius 1 is 0.750 bits per heavy atom. The van der Waals surface area contributed by atoms with Crippen LogP contribution in [0.3, 0.4) is 0 Å². The average Bonchev–Trinajstić information content (AvgIpc) is 3.50. The molecule has 0 radical (unpaired) electrons. The first-order chi connectivity index (χ1) is 13.3. The fraction of sp³-hybridized carbons (Fsp3) is 0.0769. The van der Waals surface area contributed by atoms with E-state index in [2.05, 4.69) is 90.8 Å². The van der Waals surface area contributed by atoms with Crippen molar-refractivity contribution in [1.29, 1.82) is 0 Å². The van der Waals surface area contributed by atoms with E-state index >= 15 is 0 Å². The van der Waals surface area contributed by atoms with Crippen molar-refractivity contribution in [1.82, 2.24) is 4.98 Å². The Hall–Kier alpha value is -2.80. The smallest absolute Gasteiger partial charge is 0.354 e. The molecule has 28 heavy (non-hydrogen) atoms. The maximum Gasteiger partial charge on any atom is 2.00 e. The van der Waals surface area contributed by atoms with Crippen molar-refractivity contribution < 1.29 is 17.1 Å². The van der Waals surface area contributed by atoms with Crippen molar-refractivity contribution in [2.45, 2.75) is 12.8 Å². The minimum atomic E-state index is 0. The Bertz CT molecular complexity index is 1050. The van der Waals surface area contributed by atoms with Crippen LogP contribution in [-0.2, 0) is 17.1 Å². The van der Waals surface area contributed by atoms with E-state index < -0.39 is 0 Å². The first kappa shape index (κ1) is 19.9. The summed E-state index contributed by atoms with van der Waals surface area (Å²) in [4.78, 5) is 3.62. The molecule has 4 aromatic carbocycles. The van der Waals surface area contributed by atoms with E-state index in [9.17, 15) is 0 Å². The Labute approximate surface area is 177 Å². The van der Waals surface area contributed by atoms with Crippen molar-refractivity contribution in [2.75, 3.05) is 0 Å². The summed E-state index contributed by atoms with van der Waals surface area (Å²) in [6.07, 6.45) is 0. The number of hydrogen-bond donors (Lipinski definition) is 1. The van der Waals surface area contributed by atoms with E-state index in [1.54, 1.807) is 0 Å². The van der Waals surface area contributed by atoms with Crippen molar-refractivity contribution in [3.05, 3.63) is 120 Å². The van der Waals surface area contributed by atoms with Crippen LogP contribution >= 0.6 is 0 Å². The van der Waals surface area contributed by atoms with Gasteiger partial charge in [-0.2, -0.15) is 42.0 Å². The SMILES string of the molecule is CC(c1cc[cH-]c1)c1c(-c2ccccc2)[nH]c2ccccc12.[Fe+2].c1cc[cH-]c1. The topological polar surface area (TPSA) is 15.8 Å². The molecule has 0 saturated carbocycles. The largest absolute Gasteiger partial charge is 2.00 e. The molecule has 1 atom stereocenters. The van der Waals surface area contributed by atoms with Gasteiger partial charge in [-0.1, -0.05) is 55.5 Å². The molecule has 1 unspecified atom stereocenters. The Morgan fingerprint density at radius 2 is 1.46 bits per heavy atom. The maximum absolute atomic E-state index is 3.62. The normalized spacial score (nSPS) is 11.3. The third-order valence-corrected chi connectivity index (χ3v) is 4.99. The van der Waals surface area contributed by atoms with Gasteiger partial charge in [-0.15, -0.1) is 0 Å². The number of hydrogen-bond acceptors (Lipinski definition) is 0. The van der Waals surface area contributed by atoms with E-state index in [-0.39, 0.29) is 17.1 Å². The van der Waals surface area contributed by atoms with Crippen LogP contribution in [0.1, 0.15) is 24.0 Å². The zero-order valence-corrected chi connectivity index (χ0v) is 16.9. The van der Waals surface area contributed by atoms with Gasteiger partial charge in [-0.25, -0.2) is 18.2 Å². The summed E-state index contributed by atoms with van der Waals surface area (Å²) in [5, 5.41) is 1.31. The van der Waals surface area contributed by atoms with E-state index in [0.717, 1.165) is 0 Å². The molecule has 1 N–H and O–H groups in total. The Kier molecular flexibility index (Phi) is 6.71. The molecule has 0 amide bonds. The molecule has 2 heteroatoms. The van der Waals surface area contributed by atoms with Crippen molar-refractivity contribution >= 4 is 10.9 Å². The summed E-state index contributed by atoms with van der Waals surface area (Å²) >= 11 is 0. The third-order valence-electron chi connectivity index (χ3n) is 4.99. The second-order valence-corrected chi connectivity index (χ2v) is 6.73. The number of aromatic amines is 1. The molecule has 5 rings (SSSR count). The standard InChI is InChI=1S/C21H18N.C5H5.Fe/c1-15(16-9-5-6-10-16)20-18-13-7-8-14-19(18)22-21(20)17-11-3-2-4-12-17;1-2-4-5-3-1;/h2-15,22H,1H3;1-5H;/q2*-1;+2. The van der Waals surface area contributed by atoms with Crippen LogP contribution in [0.4, 0.5) is 0 Å². The van der Waals surface area contributed by atoms with Crippen LogP contribution in [-0.4, -0.2) is 4.98 Å². The fourth-order valence-electron chi connectivity index (χ4n) is 3.61. The molecule has 1 aromatic heterocycles. The molecule has 1 heterocycles.